The molecule has 3 nitrogen and oxygen atoms in total. The molecule has 0 saturated heterocycles. The third-order valence-corrected chi connectivity index (χ3v) is 3.70. The van der Waals surface area contributed by atoms with Crippen molar-refractivity contribution < 1.29 is 9.84 Å². The van der Waals surface area contributed by atoms with E-state index in [1.807, 2.05) is 13.8 Å². The van der Waals surface area contributed by atoms with E-state index >= 15 is 0 Å². The lowest BCUT2D eigenvalue weighted by atomic mass is 9.83. The second-order valence-electron chi connectivity index (χ2n) is 5.27. The Bertz CT molecular complexity index is 425. The number of aliphatic hydroxyl groups is 1. The van der Waals surface area contributed by atoms with Gasteiger partial charge in [0.2, 0.25) is 0 Å². The number of hydrogen-bond donors (Lipinski definition) is 2. The van der Waals surface area contributed by atoms with E-state index in [0.717, 1.165) is 35.3 Å². The van der Waals surface area contributed by atoms with Crippen molar-refractivity contribution in [3.05, 3.63) is 28.3 Å². The van der Waals surface area contributed by atoms with Crippen LogP contribution in [0, 0.1) is 20.8 Å². The van der Waals surface area contributed by atoms with E-state index in [4.69, 9.17) is 15.6 Å². The average molecular weight is 251 g/mol. The maximum atomic E-state index is 8.96. The van der Waals surface area contributed by atoms with Crippen molar-refractivity contribution in [3.8, 4) is 5.75 Å². The fourth-order valence-corrected chi connectivity index (χ4v) is 2.55. The summed E-state index contributed by atoms with van der Waals surface area (Å²) in [4.78, 5) is 0. The quantitative estimate of drug-likeness (QED) is 0.845. The summed E-state index contributed by atoms with van der Waals surface area (Å²) in [6.07, 6.45) is 1.49. The Hall–Kier alpha value is -1.06. The summed E-state index contributed by atoms with van der Waals surface area (Å²) in [6.45, 7) is 8.39. The lowest BCUT2D eigenvalue weighted by Crippen LogP contribution is -2.34. The molecule has 0 aliphatic carbocycles. The summed E-state index contributed by atoms with van der Waals surface area (Å²) in [5, 5.41) is 8.96. The molecular formula is C15H25NO2. The largest absolute Gasteiger partial charge is 0.496 e. The number of methoxy groups -OCH3 is 1. The molecule has 0 heterocycles. The van der Waals surface area contributed by atoms with Gasteiger partial charge < -0.3 is 15.6 Å². The normalized spacial score (nSPS) is 14.4. The fourth-order valence-electron chi connectivity index (χ4n) is 2.55. The summed E-state index contributed by atoms with van der Waals surface area (Å²) in [7, 11) is 1.70. The Labute approximate surface area is 110 Å². The first-order chi connectivity index (χ1) is 8.35. The predicted octanol–water partition coefficient (Wildman–Crippen LogP) is 2.57. The van der Waals surface area contributed by atoms with Crippen molar-refractivity contribution in [2.45, 2.75) is 46.1 Å². The highest BCUT2D eigenvalue weighted by molar-refractivity contribution is 5.50. The Kier molecular flexibility index (Phi) is 4.77. The second-order valence-corrected chi connectivity index (χ2v) is 5.27. The van der Waals surface area contributed by atoms with Crippen molar-refractivity contribution >= 4 is 0 Å². The predicted molar refractivity (Wildman–Crippen MR) is 75.1 cm³/mol. The van der Waals surface area contributed by atoms with E-state index in [9.17, 15) is 0 Å². The molecule has 0 saturated carbocycles. The van der Waals surface area contributed by atoms with Gasteiger partial charge in [0.25, 0.3) is 0 Å². The van der Waals surface area contributed by atoms with Gasteiger partial charge in [0, 0.05) is 12.1 Å². The highest BCUT2D eigenvalue weighted by atomic mass is 16.5. The molecular weight excluding hydrogens is 226 g/mol. The maximum absolute atomic E-state index is 8.96. The van der Waals surface area contributed by atoms with E-state index in [0.29, 0.717) is 0 Å². The zero-order valence-corrected chi connectivity index (χ0v) is 12.1. The van der Waals surface area contributed by atoms with Gasteiger partial charge in [-0.1, -0.05) is 6.07 Å². The number of hydrogen-bond acceptors (Lipinski definition) is 3. The molecule has 0 spiro atoms. The van der Waals surface area contributed by atoms with Crippen molar-refractivity contribution in [1.82, 2.24) is 0 Å². The van der Waals surface area contributed by atoms with Gasteiger partial charge in [-0.2, -0.15) is 0 Å². The fraction of sp³-hybridized carbons (Fsp3) is 0.600. The standard InChI is InChI=1S/C15H25NO2/c1-10-9-13(15(4,16)7-6-8-17)11(2)12(3)14(10)18-5/h9,17H,6-8,16H2,1-5H3. The van der Waals surface area contributed by atoms with E-state index in [1.54, 1.807) is 7.11 Å². The number of ether oxygens (including phenoxy) is 1. The van der Waals surface area contributed by atoms with Crippen LogP contribution in [0.2, 0.25) is 0 Å². The van der Waals surface area contributed by atoms with Crippen molar-refractivity contribution in [2.24, 2.45) is 5.73 Å². The molecule has 3 N–H and O–H groups in total. The summed E-state index contributed by atoms with van der Waals surface area (Å²) < 4.78 is 5.42. The maximum Gasteiger partial charge on any atom is 0.124 e. The zero-order chi connectivity index (χ0) is 13.9. The summed E-state index contributed by atoms with van der Waals surface area (Å²) in [5.74, 6) is 0.939. The monoisotopic (exact) mass is 251 g/mol. The molecule has 0 radical (unpaired) electrons. The first-order valence-corrected chi connectivity index (χ1v) is 6.40. The highest BCUT2D eigenvalue weighted by Gasteiger charge is 2.25. The van der Waals surface area contributed by atoms with Gasteiger partial charge in [0.1, 0.15) is 5.75 Å². The molecule has 18 heavy (non-hydrogen) atoms. The highest BCUT2D eigenvalue weighted by Crippen LogP contribution is 2.34. The van der Waals surface area contributed by atoms with Crippen LogP contribution in [0.4, 0.5) is 0 Å². The molecule has 1 unspecified atom stereocenters. The minimum absolute atomic E-state index is 0.181. The third kappa shape index (κ3) is 2.85. The first-order valence-electron chi connectivity index (χ1n) is 6.40. The number of aryl methyl sites for hydroxylation is 1. The molecule has 0 fully saturated rings. The van der Waals surface area contributed by atoms with Crippen LogP contribution in [0.1, 0.15) is 42.0 Å². The van der Waals surface area contributed by atoms with Crippen LogP contribution in [-0.4, -0.2) is 18.8 Å². The van der Waals surface area contributed by atoms with E-state index in [-0.39, 0.29) is 6.61 Å². The molecule has 1 aromatic carbocycles. The van der Waals surface area contributed by atoms with Crippen molar-refractivity contribution in [2.75, 3.05) is 13.7 Å². The van der Waals surface area contributed by atoms with Gasteiger partial charge in [-0.3, -0.25) is 0 Å². The molecule has 1 rings (SSSR count). The molecule has 3 heteroatoms. The SMILES string of the molecule is COc1c(C)cc(C(C)(N)CCCO)c(C)c1C. The molecule has 1 aromatic rings. The summed E-state index contributed by atoms with van der Waals surface area (Å²) >= 11 is 0. The minimum Gasteiger partial charge on any atom is -0.496 e. The van der Waals surface area contributed by atoms with Crippen molar-refractivity contribution in [3.63, 3.8) is 0 Å². The van der Waals surface area contributed by atoms with Crippen LogP contribution in [0.25, 0.3) is 0 Å². The number of nitrogens with two attached hydrogens (primary N) is 1. The molecule has 0 aromatic heterocycles. The molecule has 0 aliphatic rings. The van der Waals surface area contributed by atoms with Gasteiger partial charge in [0.15, 0.2) is 0 Å². The molecule has 0 bridgehead atoms. The molecule has 102 valence electrons. The van der Waals surface area contributed by atoms with Gasteiger partial charge >= 0.3 is 0 Å². The molecule has 0 amide bonds. The van der Waals surface area contributed by atoms with Crippen LogP contribution in [-0.2, 0) is 5.54 Å². The lowest BCUT2D eigenvalue weighted by Gasteiger charge is -2.29. The van der Waals surface area contributed by atoms with Crippen LogP contribution in [0.5, 0.6) is 5.75 Å². The van der Waals surface area contributed by atoms with Crippen molar-refractivity contribution in [1.29, 1.82) is 0 Å². The second kappa shape index (κ2) is 5.72. The van der Waals surface area contributed by atoms with Gasteiger partial charge in [-0.05, 0) is 62.8 Å². The average Bonchev–Trinajstić information content (AvgIpc) is 2.32. The lowest BCUT2D eigenvalue weighted by molar-refractivity contribution is 0.265. The van der Waals surface area contributed by atoms with Crippen LogP contribution < -0.4 is 10.5 Å². The first kappa shape index (κ1) is 15.0. The molecule has 0 aliphatic heterocycles. The Balaban J connectivity index is 3.25. The Morgan fingerprint density at radius 3 is 2.39 bits per heavy atom. The van der Waals surface area contributed by atoms with Gasteiger partial charge in [-0.15, -0.1) is 0 Å². The number of rotatable bonds is 5. The van der Waals surface area contributed by atoms with Gasteiger partial charge in [-0.25, -0.2) is 0 Å². The number of aliphatic hydroxyl groups excluding tert-OH is 1. The Morgan fingerprint density at radius 2 is 1.89 bits per heavy atom. The zero-order valence-electron chi connectivity index (χ0n) is 12.1. The summed E-state index contributed by atoms with van der Waals surface area (Å²) in [5.41, 5.74) is 10.6. The summed E-state index contributed by atoms with van der Waals surface area (Å²) in [6, 6.07) is 2.11. The van der Waals surface area contributed by atoms with E-state index in [1.165, 1.54) is 5.56 Å². The minimum atomic E-state index is -0.408. The third-order valence-electron chi connectivity index (χ3n) is 3.70. The smallest absolute Gasteiger partial charge is 0.124 e. The number of benzene rings is 1. The van der Waals surface area contributed by atoms with Crippen LogP contribution in [0.15, 0.2) is 6.07 Å². The molecule has 1 atom stereocenters. The van der Waals surface area contributed by atoms with Gasteiger partial charge in [0.05, 0.1) is 7.11 Å². The van der Waals surface area contributed by atoms with Crippen LogP contribution in [0.3, 0.4) is 0 Å². The van der Waals surface area contributed by atoms with Crippen LogP contribution >= 0.6 is 0 Å². The topological polar surface area (TPSA) is 55.5 Å². The van der Waals surface area contributed by atoms with E-state index < -0.39 is 5.54 Å². The Morgan fingerprint density at radius 1 is 1.28 bits per heavy atom. The van der Waals surface area contributed by atoms with E-state index in [2.05, 4.69) is 19.9 Å².